The van der Waals surface area contributed by atoms with Gasteiger partial charge in [-0.25, -0.2) is 4.79 Å². The highest BCUT2D eigenvalue weighted by atomic mass is 35.5. The van der Waals surface area contributed by atoms with Gasteiger partial charge in [-0.3, -0.25) is 4.68 Å². The van der Waals surface area contributed by atoms with Gasteiger partial charge in [0.2, 0.25) is 0 Å². The SMILES string of the molecule is CCc1nn(C)c(COC(=O)c2ccc(N)cc2)c1Cl. The van der Waals surface area contributed by atoms with Crippen LogP contribution in [-0.2, 0) is 24.8 Å². The van der Waals surface area contributed by atoms with Gasteiger partial charge < -0.3 is 10.5 Å². The fraction of sp³-hybridized carbons (Fsp3) is 0.286. The molecule has 0 aliphatic heterocycles. The summed E-state index contributed by atoms with van der Waals surface area (Å²) in [6.45, 7) is 2.06. The maximum atomic E-state index is 11.9. The summed E-state index contributed by atoms with van der Waals surface area (Å²) in [5, 5.41) is 4.82. The molecule has 0 atom stereocenters. The zero-order valence-corrected chi connectivity index (χ0v) is 12.1. The Morgan fingerprint density at radius 1 is 1.40 bits per heavy atom. The molecule has 2 N–H and O–H groups in total. The van der Waals surface area contributed by atoms with E-state index in [0.29, 0.717) is 22.0 Å². The molecule has 1 heterocycles. The molecule has 20 heavy (non-hydrogen) atoms. The zero-order chi connectivity index (χ0) is 14.7. The van der Waals surface area contributed by atoms with Crippen molar-refractivity contribution in [3.63, 3.8) is 0 Å². The third kappa shape index (κ3) is 2.93. The minimum atomic E-state index is -0.416. The number of halogens is 1. The van der Waals surface area contributed by atoms with Crippen LogP contribution in [0.2, 0.25) is 5.02 Å². The van der Waals surface area contributed by atoms with Crippen LogP contribution in [0.5, 0.6) is 0 Å². The summed E-state index contributed by atoms with van der Waals surface area (Å²) in [6, 6.07) is 6.56. The number of ether oxygens (including phenoxy) is 1. The highest BCUT2D eigenvalue weighted by Crippen LogP contribution is 2.21. The first kappa shape index (κ1) is 14.4. The number of anilines is 1. The molecule has 0 aliphatic carbocycles. The number of benzene rings is 1. The van der Waals surface area contributed by atoms with E-state index in [0.717, 1.165) is 12.1 Å². The lowest BCUT2D eigenvalue weighted by atomic mass is 10.2. The molecule has 2 aromatic rings. The number of nitrogens with two attached hydrogens (primary N) is 1. The summed E-state index contributed by atoms with van der Waals surface area (Å²) in [4.78, 5) is 11.9. The van der Waals surface area contributed by atoms with Crippen LogP contribution in [0, 0.1) is 0 Å². The molecule has 0 saturated carbocycles. The summed E-state index contributed by atoms with van der Waals surface area (Å²) < 4.78 is 6.88. The Hall–Kier alpha value is -2.01. The van der Waals surface area contributed by atoms with Crippen LogP contribution >= 0.6 is 11.6 Å². The molecule has 1 aromatic heterocycles. The monoisotopic (exact) mass is 293 g/mol. The number of esters is 1. The van der Waals surface area contributed by atoms with Gasteiger partial charge in [0, 0.05) is 12.7 Å². The highest BCUT2D eigenvalue weighted by Gasteiger charge is 2.15. The summed E-state index contributed by atoms with van der Waals surface area (Å²) in [5.74, 6) is -0.416. The van der Waals surface area contributed by atoms with Crippen molar-refractivity contribution >= 4 is 23.3 Å². The first-order chi connectivity index (χ1) is 9.52. The van der Waals surface area contributed by atoms with Gasteiger partial charge in [-0.1, -0.05) is 18.5 Å². The standard InChI is InChI=1S/C14H16ClN3O2/c1-3-11-13(15)12(18(2)17-11)8-20-14(19)9-4-6-10(16)7-5-9/h4-7H,3,8,16H2,1-2H3. The molecule has 0 radical (unpaired) electrons. The normalized spacial score (nSPS) is 10.6. The Bertz CT molecular complexity index is 620. The number of hydrogen-bond donors (Lipinski definition) is 1. The van der Waals surface area contributed by atoms with Crippen LogP contribution in [0.25, 0.3) is 0 Å². The Kier molecular flexibility index (Phi) is 4.29. The number of nitrogens with zero attached hydrogens (tertiary/aromatic N) is 2. The van der Waals surface area contributed by atoms with Crippen molar-refractivity contribution in [2.24, 2.45) is 7.05 Å². The summed E-state index contributed by atoms with van der Waals surface area (Å²) in [7, 11) is 1.78. The van der Waals surface area contributed by atoms with Gasteiger partial charge in [0.25, 0.3) is 0 Å². The number of nitrogen functional groups attached to an aromatic ring is 1. The van der Waals surface area contributed by atoms with Crippen molar-refractivity contribution < 1.29 is 9.53 Å². The minimum absolute atomic E-state index is 0.0888. The molecular formula is C14H16ClN3O2. The van der Waals surface area contributed by atoms with E-state index in [4.69, 9.17) is 22.1 Å². The first-order valence-electron chi connectivity index (χ1n) is 6.25. The molecule has 0 spiro atoms. The van der Waals surface area contributed by atoms with Gasteiger partial charge >= 0.3 is 5.97 Å². The van der Waals surface area contributed by atoms with E-state index in [1.807, 2.05) is 6.92 Å². The number of hydrogen-bond acceptors (Lipinski definition) is 4. The second kappa shape index (κ2) is 5.96. The van der Waals surface area contributed by atoms with Gasteiger partial charge in [0.1, 0.15) is 6.61 Å². The fourth-order valence-corrected chi connectivity index (χ4v) is 2.16. The van der Waals surface area contributed by atoms with E-state index in [1.165, 1.54) is 0 Å². The lowest BCUT2D eigenvalue weighted by molar-refractivity contribution is 0.0463. The lowest BCUT2D eigenvalue weighted by Crippen LogP contribution is -2.08. The molecule has 0 fully saturated rings. The maximum Gasteiger partial charge on any atom is 0.338 e. The topological polar surface area (TPSA) is 70.1 Å². The maximum absolute atomic E-state index is 11.9. The summed E-state index contributed by atoms with van der Waals surface area (Å²) >= 11 is 6.19. The minimum Gasteiger partial charge on any atom is -0.456 e. The lowest BCUT2D eigenvalue weighted by Gasteiger charge is -2.06. The van der Waals surface area contributed by atoms with Crippen molar-refractivity contribution in [3.05, 3.63) is 46.2 Å². The number of aryl methyl sites for hydroxylation is 2. The summed E-state index contributed by atoms with van der Waals surface area (Å²) in [5.41, 5.74) is 8.11. The van der Waals surface area contributed by atoms with Crippen LogP contribution in [-0.4, -0.2) is 15.7 Å². The fourth-order valence-electron chi connectivity index (χ4n) is 1.81. The zero-order valence-electron chi connectivity index (χ0n) is 11.4. The molecule has 6 heteroatoms. The highest BCUT2D eigenvalue weighted by molar-refractivity contribution is 6.31. The molecular weight excluding hydrogens is 278 g/mol. The Balaban J connectivity index is 2.07. The smallest absolute Gasteiger partial charge is 0.338 e. The second-order valence-electron chi connectivity index (χ2n) is 4.38. The molecule has 5 nitrogen and oxygen atoms in total. The predicted octanol–water partition coefficient (Wildman–Crippen LogP) is 2.58. The first-order valence-corrected chi connectivity index (χ1v) is 6.63. The number of carbonyl (C=O) groups is 1. The predicted molar refractivity (Wildman–Crippen MR) is 77.6 cm³/mol. The summed E-state index contributed by atoms with van der Waals surface area (Å²) in [6.07, 6.45) is 0.735. The quantitative estimate of drug-likeness (QED) is 0.695. The Labute approximate surface area is 122 Å². The van der Waals surface area contributed by atoms with Crippen molar-refractivity contribution in [1.29, 1.82) is 0 Å². The third-order valence-corrected chi connectivity index (χ3v) is 3.43. The van der Waals surface area contributed by atoms with E-state index in [2.05, 4.69) is 5.10 Å². The van der Waals surface area contributed by atoms with Crippen molar-refractivity contribution in [1.82, 2.24) is 9.78 Å². The van der Waals surface area contributed by atoms with Gasteiger partial charge in [-0.2, -0.15) is 5.10 Å². The molecule has 106 valence electrons. The van der Waals surface area contributed by atoms with Gasteiger partial charge in [-0.15, -0.1) is 0 Å². The van der Waals surface area contributed by atoms with Gasteiger partial charge in [-0.05, 0) is 30.7 Å². The molecule has 2 rings (SSSR count). The van der Waals surface area contributed by atoms with Gasteiger partial charge in [0.15, 0.2) is 0 Å². The molecule has 0 aliphatic rings. The molecule has 1 aromatic carbocycles. The van der Waals surface area contributed by atoms with Crippen LogP contribution in [0.15, 0.2) is 24.3 Å². The van der Waals surface area contributed by atoms with E-state index >= 15 is 0 Å². The largest absolute Gasteiger partial charge is 0.456 e. The van der Waals surface area contributed by atoms with Crippen molar-refractivity contribution in [2.75, 3.05) is 5.73 Å². The molecule has 0 bridgehead atoms. The van der Waals surface area contributed by atoms with E-state index in [9.17, 15) is 4.79 Å². The average molecular weight is 294 g/mol. The number of carbonyl (C=O) groups excluding carboxylic acids is 1. The molecule has 0 amide bonds. The van der Waals surface area contributed by atoms with E-state index < -0.39 is 5.97 Å². The molecule has 0 saturated heterocycles. The molecule has 0 unspecified atom stereocenters. The Morgan fingerprint density at radius 2 is 2.05 bits per heavy atom. The number of rotatable bonds is 4. The Morgan fingerprint density at radius 3 is 2.60 bits per heavy atom. The number of aromatic nitrogens is 2. The van der Waals surface area contributed by atoms with E-state index in [1.54, 1.807) is 36.0 Å². The van der Waals surface area contributed by atoms with Crippen LogP contribution in [0.4, 0.5) is 5.69 Å². The second-order valence-corrected chi connectivity index (χ2v) is 4.76. The van der Waals surface area contributed by atoms with Crippen LogP contribution < -0.4 is 5.73 Å². The van der Waals surface area contributed by atoms with Crippen LogP contribution in [0.1, 0.15) is 28.7 Å². The van der Waals surface area contributed by atoms with Crippen molar-refractivity contribution in [2.45, 2.75) is 20.0 Å². The average Bonchev–Trinajstić information content (AvgIpc) is 2.71. The van der Waals surface area contributed by atoms with Crippen LogP contribution in [0.3, 0.4) is 0 Å². The van der Waals surface area contributed by atoms with Gasteiger partial charge in [0.05, 0.1) is 22.0 Å². The van der Waals surface area contributed by atoms with E-state index in [-0.39, 0.29) is 6.61 Å². The third-order valence-electron chi connectivity index (χ3n) is 2.99. The van der Waals surface area contributed by atoms with Crippen molar-refractivity contribution in [3.8, 4) is 0 Å².